The lowest BCUT2D eigenvalue weighted by atomic mass is 10.1. The minimum absolute atomic E-state index is 0.625. The molecule has 0 radical (unpaired) electrons. The molecule has 0 saturated heterocycles. The van der Waals surface area contributed by atoms with E-state index >= 15 is 0 Å². The number of rotatable bonds is 4. The SMILES string of the molecule is NC(Cc1ccc(Cl)cc1)=NCc1ccccc1. The van der Waals surface area contributed by atoms with Crippen LogP contribution in [0.15, 0.2) is 59.6 Å². The highest BCUT2D eigenvalue weighted by atomic mass is 35.5. The zero-order valence-corrected chi connectivity index (χ0v) is 10.8. The molecule has 0 amide bonds. The third-order valence-corrected chi connectivity index (χ3v) is 2.86. The number of hydrogen-bond donors (Lipinski definition) is 1. The Bertz CT molecular complexity index is 518. The molecular formula is C15H15ClN2. The van der Waals surface area contributed by atoms with Gasteiger partial charge in [-0.25, -0.2) is 0 Å². The van der Waals surface area contributed by atoms with Crippen LogP contribution in [0.1, 0.15) is 11.1 Å². The fourth-order valence-corrected chi connectivity index (χ4v) is 1.77. The summed E-state index contributed by atoms with van der Waals surface area (Å²) in [5, 5.41) is 0.735. The van der Waals surface area contributed by atoms with Gasteiger partial charge in [0.15, 0.2) is 0 Å². The van der Waals surface area contributed by atoms with E-state index in [1.165, 1.54) is 0 Å². The summed E-state index contributed by atoms with van der Waals surface area (Å²) in [6.07, 6.45) is 0.657. The van der Waals surface area contributed by atoms with Crippen LogP contribution in [-0.2, 0) is 13.0 Å². The molecule has 2 N–H and O–H groups in total. The maximum absolute atomic E-state index is 5.91. The van der Waals surface area contributed by atoms with E-state index in [2.05, 4.69) is 4.99 Å². The quantitative estimate of drug-likeness (QED) is 0.662. The van der Waals surface area contributed by atoms with E-state index < -0.39 is 0 Å². The highest BCUT2D eigenvalue weighted by Gasteiger charge is 1.97. The average Bonchev–Trinajstić information content (AvgIpc) is 2.40. The standard InChI is InChI=1S/C15H15ClN2/c16-14-8-6-12(7-9-14)10-15(17)18-11-13-4-2-1-3-5-13/h1-9H,10-11H2,(H2,17,18). The van der Waals surface area contributed by atoms with Gasteiger partial charge >= 0.3 is 0 Å². The molecule has 92 valence electrons. The summed E-state index contributed by atoms with van der Waals surface area (Å²) in [4.78, 5) is 4.37. The van der Waals surface area contributed by atoms with Gasteiger partial charge in [0.25, 0.3) is 0 Å². The molecule has 2 nitrogen and oxygen atoms in total. The number of nitrogens with zero attached hydrogens (tertiary/aromatic N) is 1. The second kappa shape index (κ2) is 6.22. The summed E-state index contributed by atoms with van der Waals surface area (Å²) in [7, 11) is 0. The van der Waals surface area contributed by atoms with Gasteiger partial charge in [-0.15, -0.1) is 0 Å². The van der Waals surface area contributed by atoms with E-state index in [4.69, 9.17) is 17.3 Å². The fraction of sp³-hybridized carbons (Fsp3) is 0.133. The highest BCUT2D eigenvalue weighted by molar-refractivity contribution is 6.30. The molecule has 0 aliphatic carbocycles. The van der Waals surface area contributed by atoms with Gasteiger partial charge in [0.2, 0.25) is 0 Å². The van der Waals surface area contributed by atoms with Crippen LogP contribution in [0.3, 0.4) is 0 Å². The molecule has 3 heteroatoms. The Morgan fingerprint density at radius 2 is 1.61 bits per heavy atom. The van der Waals surface area contributed by atoms with Gasteiger partial charge in [0, 0.05) is 11.4 Å². The molecule has 0 spiro atoms. The van der Waals surface area contributed by atoms with Crippen molar-refractivity contribution in [2.45, 2.75) is 13.0 Å². The molecule has 0 aliphatic rings. The van der Waals surface area contributed by atoms with Crippen molar-refractivity contribution in [3.8, 4) is 0 Å². The van der Waals surface area contributed by atoms with E-state index in [1.54, 1.807) is 0 Å². The molecule has 2 aromatic carbocycles. The zero-order chi connectivity index (χ0) is 12.8. The zero-order valence-electron chi connectivity index (χ0n) is 10.0. The third-order valence-electron chi connectivity index (χ3n) is 2.61. The molecule has 0 fully saturated rings. The lowest BCUT2D eigenvalue weighted by Crippen LogP contribution is -2.15. The average molecular weight is 259 g/mol. The first-order valence-corrected chi connectivity index (χ1v) is 6.19. The highest BCUT2D eigenvalue weighted by Crippen LogP contribution is 2.10. The smallest absolute Gasteiger partial charge is 0.0985 e. The van der Waals surface area contributed by atoms with Crippen LogP contribution in [-0.4, -0.2) is 5.84 Å². The van der Waals surface area contributed by atoms with Crippen LogP contribution in [0.5, 0.6) is 0 Å². The summed E-state index contributed by atoms with van der Waals surface area (Å²) < 4.78 is 0. The van der Waals surface area contributed by atoms with Crippen molar-refractivity contribution < 1.29 is 0 Å². The van der Waals surface area contributed by atoms with Crippen molar-refractivity contribution in [2.75, 3.05) is 0 Å². The van der Waals surface area contributed by atoms with Crippen molar-refractivity contribution in [3.05, 3.63) is 70.7 Å². The molecule has 0 aliphatic heterocycles. The molecule has 18 heavy (non-hydrogen) atoms. The molecule has 0 bridgehead atoms. The number of hydrogen-bond acceptors (Lipinski definition) is 1. The number of amidine groups is 1. The Kier molecular flexibility index (Phi) is 4.37. The third kappa shape index (κ3) is 3.90. The summed E-state index contributed by atoms with van der Waals surface area (Å²) >= 11 is 5.83. The van der Waals surface area contributed by atoms with E-state index in [9.17, 15) is 0 Å². The maximum Gasteiger partial charge on any atom is 0.0985 e. The molecule has 0 atom stereocenters. The molecular weight excluding hydrogens is 244 g/mol. The summed E-state index contributed by atoms with van der Waals surface area (Å²) in [5.41, 5.74) is 8.19. The number of aliphatic imine (C=N–C) groups is 1. The Labute approximate surface area is 112 Å². The molecule has 0 unspecified atom stereocenters. The second-order valence-corrected chi connectivity index (χ2v) is 4.53. The molecule has 0 saturated carbocycles. The van der Waals surface area contributed by atoms with E-state index in [1.807, 2.05) is 54.6 Å². The monoisotopic (exact) mass is 258 g/mol. The Morgan fingerprint density at radius 3 is 2.28 bits per heavy atom. The summed E-state index contributed by atoms with van der Waals surface area (Å²) in [6, 6.07) is 17.7. The Morgan fingerprint density at radius 1 is 0.944 bits per heavy atom. The second-order valence-electron chi connectivity index (χ2n) is 4.10. The van der Waals surface area contributed by atoms with Crippen molar-refractivity contribution in [1.29, 1.82) is 0 Å². The molecule has 2 aromatic rings. The predicted octanol–water partition coefficient (Wildman–Crippen LogP) is 3.44. The fourth-order valence-electron chi connectivity index (χ4n) is 1.64. The van der Waals surface area contributed by atoms with Crippen LogP contribution in [0.2, 0.25) is 5.02 Å². The van der Waals surface area contributed by atoms with E-state index in [-0.39, 0.29) is 0 Å². The van der Waals surface area contributed by atoms with Crippen LogP contribution in [0.25, 0.3) is 0 Å². The van der Waals surface area contributed by atoms with Gasteiger partial charge < -0.3 is 5.73 Å². The number of nitrogens with two attached hydrogens (primary N) is 1. The van der Waals surface area contributed by atoms with Gasteiger partial charge in [-0.2, -0.15) is 0 Å². The molecule has 0 aromatic heterocycles. The topological polar surface area (TPSA) is 38.4 Å². The van der Waals surface area contributed by atoms with Crippen LogP contribution >= 0.6 is 11.6 Å². The Hall–Kier alpha value is -1.80. The summed E-state index contributed by atoms with van der Waals surface area (Å²) in [5.74, 6) is 0.640. The first-order valence-electron chi connectivity index (χ1n) is 5.81. The normalized spacial score (nSPS) is 11.5. The largest absolute Gasteiger partial charge is 0.387 e. The first kappa shape index (κ1) is 12.7. The lowest BCUT2D eigenvalue weighted by Gasteiger charge is -2.02. The van der Waals surface area contributed by atoms with Crippen molar-refractivity contribution in [3.63, 3.8) is 0 Å². The summed E-state index contributed by atoms with van der Waals surface area (Å²) in [6.45, 7) is 0.625. The minimum atomic E-state index is 0.625. The van der Waals surface area contributed by atoms with E-state index in [0.717, 1.165) is 16.1 Å². The van der Waals surface area contributed by atoms with Crippen molar-refractivity contribution in [1.82, 2.24) is 0 Å². The predicted molar refractivity (Wildman–Crippen MR) is 76.9 cm³/mol. The molecule has 0 heterocycles. The van der Waals surface area contributed by atoms with Crippen LogP contribution < -0.4 is 5.73 Å². The van der Waals surface area contributed by atoms with Gasteiger partial charge in [-0.3, -0.25) is 4.99 Å². The maximum atomic E-state index is 5.91. The van der Waals surface area contributed by atoms with Gasteiger partial charge in [-0.05, 0) is 23.3 Å². The lowest BCUT2D eigenvalue weighted by molar-refractivity contribution is 1.04. The first-order chi connectivity index (χ1) is 8.74. The minimum Gasteiger partial charge on any atom is -0.387 e. The molecule has 2 rings (SSSR count). The van der Waals surface area contributed by atoms with E-state index in [0.29, 0.717) is 18.8 Å². The van der Waals surface area contributed by atoms with Crippen LogP contribution in [0, 0.1) is 0 Å². The van der Waals surface area contributed by atoms with Gasteiger partial charge in [0.1, 0.15) is 0 Å². The van der Waals surface area contributed by atoms with Gasteiger partial charge in [-0.1, -0.05) is 54.1 Å². The Balaban J connectivity index is 1.95. The van der Waals surface area contributed by atoms with Gasteiger partial charge in [0.05, 0.1) is 12.4 Å². The number of benzene rings is 2. The van der Waals surface area contributed by atoms with Crippen molar-refractivity contribution >= 4 is 17.4 Å². The van der Waals surface area contributed by atoms with Crippen LogP contribution in [0.4, 0.5) is 0 Å². The number of halogens is 1. The van der Waals surface area contributed by atoms with Crippen molar-refractivity contribution in [2.24, 2.45) is 10.7 Å².